The van der Waals surface area contributed by atoms with Gasteiger partial charge in [-0.3, -0.25) is 4.79 Å². The molecule has 4 nitrogen and oxygen atoms in total. The molecule has 21 heavy (non-hydrogen) atoms. The van der Waals surface area contributed by atoms with E-state index >= 15 is 0 Å². The highest BCUT2D eigenvalue weighted by Gasteiger charge is 2.26. The molecule has 0 radical (unpaired) electrons. The average Bonchev–Trinajstić information content (AvgIpc) is 2.47. The van der Waals surface area contributed by atoms with Gasteiger partial charge in [0.2, 0.25) is 5.91 Å². The maximum atomic E-state index is 12.2. The van der Waals surface area contributed by atoms with Crippen molar-refractivity contribution in [2.45, 2.75) is 19.1 Å². The number of rotatable bonds is 3. The number of carbonyl (C=O) groups is 1. The Labute approximate surface area is 133 Å². The Morgan fingerprint density at radius 3 is 2.95 bits per heavy atom. The van der Waals surface area contributed by atoms with Crippen molar-refractivity contribution in [1.29, 1.82) is 0 Å². The van der Waals surface area contributed by atoms with Gasteiger partial charge in [-0.25, -0.2) is 0 Å². The Bertz CT molecular complexity index is 548. The first-order valence-corrected chi connectivity index (χ1v) is 7.44. The first-order valence-electron chi connectivity index (χ1n) is 6.68. The van der Waals surface area contributed by atoms with Crippen molar-refractivity contribution >= 4 is 35.2 Å². The van der Waals surface area contributed by atoms with Crippen LogP contribution in [0.3, 0.4) is 0 Å². The molecule has 1 aliphatic rings. The Morgan fingerprint density at radius 1 is 1.48 bits per heavy atom. The molecule has 1 heterocycles. The number of morpholine rings is 1. The predicted molar refractivity (Wildman–Crippen MR) is 83.5 cm³/mol. The van der Waals surface area contributed by atoms with E-state index in [4.69, 9.17) is 27.9 Å². The van der Waals surface area contributed by atoms with Gasteiger partial charge < -0.3 is 14.7 Å². The Hall–Kier alpha value is -1.07. The zero-order chi connectivity index (χ0) is 15.4. The van der Waals surface area contributed by atoms with Crippen molar-refractivity contribution in [2.75, 3.05) is 19.7 Å². The smallest absolute Gasteiger partial charge is 0.246 e. The summed E-state index contributed by atoms with van der Waals surface area (Å²) in [5.41, 5.74) is 0.692. The summed E-state index contributed by atoms with van der Waals surface area (Å²) in [6.45, 7) is 2.66. The van der Waals surface area contributed by atoms with Gasteiger partial charge in [-0.2, -0.15) is 0 Å². The number of aliphatic hydroxyl groups excluding tert-OH is 1. The van der Waals surface area contributed by atoms with Crippen LogP contribution in [0.25, 0.3) is 6.08 Å². The summed E-state index contributed by atoms with van der Waals surface area (Å²) < 4.78 is 5.51. The minimum Gasteiger partial charge on any atom is -0.394 e. The maximum absolute atomic E-state index is 12.2. The van der Waals surface area contributed by atoms with Crippen molar-refractivity contribution in [3.05, 3.63) is 39.9 Å². The molecule has 114 valence electrons. The third-order valence-electron chi connectivity index (χ3n) is 3.23. The molecule has 1 aromatic carbocycles. The van der Waals surface area contributed by atoms with Crippen LogP contribution in [0, 0.1) is 0 Å². The highest BCUT2D eigenvalue weighted by Crippen LogP contribution is 2.26. The number of ether oxygens (including phenoxy) is 1. The van der Waals surface area contributed by atoms with Gasteiger partial charge in [0.15, 0.2) is 0 Å². The summed E-state index contributed by atoms with van der Waals surface area (Å²) in [7, 11) is 0. The molecule has 2 atom stereocenters. The third-order valence-corrected chi connectivity index (χ3v) is 4.06. The molecule has 0 aliphatic carbocycles. The molecule has 1 saturated heterocycles. The lowest BCUT2D eigenvalue weighted by Crippen LogP contribution is -2.49. The Morgan fingerprint density at radius 2 is 2.24 bits per heavy atom. The van der Waals surface area contributed by atoms with Crippen LogP contribution < -0.4 is 0 Å². The molecule has 0 saturated carbocycles. The van der Waals surface area contributed by atoms with E-state index in [0.29, 0.717) is 28.7 Å². The molecule has 0 spiro atoms. The van der Waals surface area contributed by atoms with Crippen LogP contribution in [0.5, 0.6) is 0 Å². The largest absolute Gasteiger partial charge is 0.394 e. The zero-order valence-corrected chi connectivity index (χ0v) is 13.1. The fourth-order valence-electron chi connectivity index (χ4n) is 2.24. The van der Waals surface area contributed by atoms with Gasteiger partial charge in [0.25, 0.3) is 0 Å². The fraction of sp³-hybridized carbons (Fsp3) is 0.400. The lowest BCUT2D eigenvalue weighted by Gasteiger charge is -2.35. The average molecular weight is 330 g/mol. The summed E-state index contributed by atoms with van der Waals surface area (Å²) >= 11 is 12.0. The summed E-state index contributed by atoms with van der Waals surface area (Å²) in [4.78, 5) is 13.9. The second kappa shape index (κ2) is 7.27. The summed E-state index contributed by atoms with van der Waals surface area (Å²) in [6.07, 6.45) is 2.68. The summed E-state index contributed by atoms with van der Waals surface area (Å²) in [6, 6.07) is 5.26. The van der Waals surface area contributed by atoms with E-state index in [0.717, 1.165) is 0 Å². The van der Waals surface area contributed by atoms with E-state index in [1.807, 2.05) is 6.92 Å². The fourth-order valence-corrected chi connectivity index (χ4v) is 2.61. The van der Waals surface area contributed by atoms with Gasteiger partial charge in [0, 0.05) is 19.2 Å². The van der Waals surface area contributed by atoms with Gasteiger partial charge in [0.1, 0.15) is 0 Å². The number of amides is 1. The van der Waals surface area contributed by atoms with Crippen LogP contribution in [-0.2, 0) is 9.53 Å². The molecule has 1 N–H and O–H groups in total. The van der Waals surface area contributed by atoms with Crippen molar-refractivity contribution in [3.63, 3.8) is 0 Å². The molecule has 1 aliphatic heterocycles. The van der Waals surface area contributed by atoms with Crippen LogP contribution >= 0.6 is 23.2 Å². The zero-order valence-electron chi connectivity index (χ0n) is 11.6. The SMILES string of the molecule is CC1CN(C(=O)/C=C/c2cccc(Cl)c2Cl)CC(CO)O1. The number of hydrogen-bond donors (Lipinski definition) is 1. The first kappa shape index (κ1) is 16.3. The number of aliphatic hydroxyl groups is 1. The van der Waals surface area contributed by atoms with Crippen LogP contribution in [0.1, 0.15) is 12.5 Å². The minimum atomic E-state index is -0.333. The second-order valence-electron chi connectivity index (χ2n) is 4.97. The van der Waals surface area contributed by atoms with Crippen molar-refractivity contribution in [2.24, 2.45) is 0 Å². The lowest BCUT2D eigenvalue weighted by atomic mass is 10.2. The van der Waals surface area contributed by atoms with Gasteiger partial charge in [-0.05, 0) is 24.6 Å². The molecule has 1 aromatic rings. The first-order chi connectivity index (χ1) is 10.0. The second-order valence-corrected chi connectivity index (χ2v) is 5.76. The van der Waals surface area contributed by atoms with E-state index in [1.165, 1.54) is 6.08 Å². The number of benzene rings is 1. The van der Waals surface area contributed by atoms with Gasteiger partial charge in [-0.15, -0.1) is 0 Å². The highest BCUT2D eigenvalue weighted by atomic mass is 35.5. The molecule has 2 rings (SSSR count). The van der Waals surface area contributed by atoms with Crippen LogP contribution in [0.4, 0.5) is 0 Å². The molecule has 0 bridgehead atoms. The van der Waals surface area contributed by atoms with Gasteiger partial charge >= 0.3 is 0 Å². The van der Waals surface area contributed by atoms with E-state index in [1.54, 1.807) is 29.2 Å². The predicted octanol–water partition coefficient (Wildman–Crippen LogP) is 2.61. The van der Waals surface area contributed by atoms with E-state index in [-0.39, 0.29) is 24.7 Å². The van der Waals surface area contributed by atoms with E-state index < -0.39 is 0 Å². The van der Waals surface area contributed by atoms with E-state index in [9.17, 15) is 9.90 Å². The molecule has 2 unspecified atom stereocenters. The molecule has 1 amide bonds. The molecule has 0 aromatic heterocycles. The molecule has 1 fully saturated rings. The molecular weight excluding hydrogens is 313 g/mol. The normalized spacial score (nSPS) is 22.8. The summed E-state index contributed by atoms with van der Waals surface area (Å²) in [5.74, 6) is -0.139. The molecular formula is C15H17Cl2NO3. The van der Waals surface area contributed by atoms with Crippen LogP contribution in [0.2, 0.25) is 10.0 Å². The maximum Gasteiger partial charge on any atom is 0.246 e. The van der Waals surface area contributed by atoms with Crippen LogP contribution in [-0.4, -0.2) is 47.8 Å². The number of carbonyl (C=O) groups excluding carboxylic acids is 1. The summed E-state index contributed by atoms with van der Waals surface area (Å²) in [5, 5.41) is 10.0. The van der Waals surface area contributed by atoms with E-state index in [2.05, 4.69) is 0 Å². The molecule has 6 heteroatoms. The lowest BCUT2D eigenvalue weighted by molar-refractivity contribution is -0.142. The number of nitrogens with zero attached hydrogens (tertiary/aromatic N) is 1. The number of hydrogen-bond acceptors (Lipinski definition) is 3. The van der Waals surface area contributed by atoms with Crippen molar-refractivity contribution in [1.82, 2.24) is 4.90 Å². The van der Waals surface area contributed by atoms with Crippen molar-refractivity contribution in [3.8, 4) is 0 Å². The monoisotopic (exact) mass is 329 g/mol. The minimum absolute atomic E-state index is 0.0944. The van der Waals surface area contributed by atoms with Gasteiger partial charge in [-0.1, -0.05) is 35.3 Å². The Kier molecular flexibility index (Phi) is 5.65. The van der Waals surface area contributed by atoms with Gasteiger partial charge in [0.05, 0.1) is 28.9 Å². The standard InChI is InChI=1S/C15H17Cl2NO3/c1-10-7-18(8-12(9-19)21-10)14(20)6-5-11-3-2-4-13(16)15(11)17/h2-6,10,12,19H,7-9H2,1H3/b6-5+. The number of halogens is 2. The van der Waals surface area contributed by atoms with Crippen LogP contribution in [0.15, 0.2) is 24.3 Å². The van der Waals surface area contributed by atoms with Crippen molar-refractivity contribution < 1.29 is 14.6 Å². The third kappa shape index (κ3) is 4.20. The quantitative estimate of drug-likeness (QED) is 0.867. The highest BCUT2D eigenvalue weighted by molar-refractivity contribution is 6.42. The topological polar surface area (TPSA) is 49.8 Å². The Balaban J connectivity index is 2.06.